The van der Waals surface area contributed by atoms with E-state index in [0.717, 1.165) is 31.0 Å². The van der Waals surface area contributed by atoms with Crippen LogP contribution >= 0.6 is 23.2 Å². The monoisotopic (exact) mass is 591 g/mol. The van der Waals surface area contributed by atoms with Gasteiger partial charge in [0.05, 0.1) is 5.56 Å². The number of ether oxygens (including phenoxy) is 1. The SMILES string of the molecule is CCCCNCC(OC(C(=O)O)C(O)C(=O)O)C(O)c1cc2c(Cl)cc(Cl)cc2c2cc(C(F)(F)F)ccc12. The number of carboxylic acids is 2. The van der Waals surface area contributed by atoms with Gasteiger partial charge in [-0.3, -0.25) is 0 Å². The molecule has 0 fully saturated rings. The van der Waals surface area contributed by atoms with E-state index in [2.05, 4.69) is 5.32 Å². The number of aliphatic hydroxyl groups is 2. The smallest absolute Gasteiger partial charge is 0.416 e. The molecule has 0 saturated heterocycles. The molecule has 0 aliphatic heterocycles. The highest BCUT2D eigenvalue weighted by Crippen LogP contribution is 2.41. The van der Waals surface area contributed by atoms with Crippen molar-refractivity contribution in [2.45, 2.75) is 50.4 Å². The lowest BCUT2D eigenvalue weighted by Crippen LogP contribution is -2.47. The van der Waals surface area contributed by atoms with Gasteiger partial charge >= 0.3 is 18.1 Å². The fourth-order valence-electron chi connectivity index (χ4n) is 4.19. The van der Waals surface area contributed by atoms with Crippen molar-refractivity contribution in [3.05, 3.63) is 57.6 Å². The number of aliphatic carboxylic acids is 2. The van der Waals surface area contributed by atoms with Crippen molar-refractivity contribution in [3.63, 3.8) is 0 Å². The topological polar surface area (TPSA) is 136 Å². The standard InChI is InChI=1S/C26H26Cl2F3NO7/c1-2-3-6-32-11-20(39-23(25(37)38)22(34)24(35)36)21(33)18-10-17-16(8-13(27)9-19(17)28)15-7-12(26(29,30)31)4-5-14(15)18/h4-5,7-10,20-23,32-34H,2-3,6,11H2,1H3,(H,35,36)(H,37,38). The molecule has 39 heavy (non-hydrogen) atoms. The van der Waals surface area contributed by atoms with E-state index in [4.69, 9.17) is 33.0 Å². The first-order valence-corrected chi connectivity index (χ1v) is 12.6. The number of carboxylic acid groups (broad SMARTS) is 2. The summed E-state index contributed by atoms with van der Waals surface area (Å²) in [6, 6.07) is 7.13. The first-order chi connectivity index (χ1) is 18.3. The fourth-order valence-corrected chi connectivity index (χ4v) is 4.74. The molecule has 0 bridgehead atoms. The number of fused-ring (bicyclic) bond motifs is 3. The third-order valence-corrected chi connectivity index (χ3v) is 6.70. The Kier molecular flexibility index (Phi) is 10.0. The van der Waals surface area contributed by atoms with Gasteiger partial charge in [-0.15, -0.1) is 0 Å². The second-order valence-corrected chi connectivity index (χ2v) is 9.77. The van der Waals surface area contributed by atoms with E-state index >= 15 is 0 Å². The van der Waals surface area contributed by atoms with E-state index in [1.54, 1.807) is 0 Å². The van der Waals surface area contributed by atoms with Crippen LogP contribution in [0, 0.1) is 0 Å². The van der Waals surface area contributed by atoms with Crippen molar-refractivity contribution in [3.8, 4) is 0 Å². The predicted octanol–water partition coefficient (Wildman–Crippen LogP) is 5.03. The minimum absolute atomic E-state index is 0.0479. The second kappa shape index (κ2) is 12.7. The van der Waals surface area contributed by atoms with Crippen molar-refractivity contribution in [2.75, 3.05) is 13.1 Å². The zero-order valence-corrected chi connectivity index (χ0v) is 22.0. The third-order valence-electron chi connectivity index (χ3n) is 6.17. The lowest BCUT2D eigenvalue weighted by Gasteiger charge is -2.29. The predicted molar refractivity (Wildman–Crippen MR) is 139 cm³/mol. The number of rotatable bonds is 12. The maximum Gasteiger partial charge on any atom is 0.416 e. The molecule has 0 saturated carbocycles. The first kappa shape index (κ1) is 30.9. The highest BCUT2D eigenvalue weighted by Gasteiger charge is 2.38. The Balaban J connectivity index is 2.20. The van der Waals surface area contributed by atoms with Gasteiger partial charge in [-0.05, 0) is 65.0 Å². The molecule has 0 aromatic heterocycles. The molecule has 3 aromatic carbocycles. The Morgan fingerprint density at radius 2 is 1.64 bits per heavy atom. The Hall–Kier alpha value is -2.67. The van der Waals surface area contributed by atoms with Crippen LogP contribution in [0.25, 0.3) is 21.5 Å². The van der Waals surface area contributed by atoms with Crippen LogP contribution < -0.4 is 5.32 Å². The molecular weight excluding hydrogens is 566 g/mol. The van der Waals surface area contributed by atoms with Gasteiger partial charge in [0.25, 0.3) is 0 Å². The van der Waals surface area contributed by atoms with Gasteiger partial charge in [0, 0.05) is 22.0 Å². The third kappa shape index (κ3) is 7.10. The van der Waals surface area contributed by atoms with Crippen LogP contribution in [0.15, 0.2) is 36.4 Å². The molecular formula is C26H26Cl2F3NO7. The molecule has 0 aliphatic carbocycles. The molecule has 13 heteroatoms. The van der Waals surface area contributed by atoms with Gasteiger partial charge in [-0.25, -0.2) is 9.59 Å². The molecule has 212 valence electrons. The number of benzene rings is 3. The molecule has 8 nitrogen and oxygen atoms in total. The average molecular weight is 592 g/mol. The summed E-state index contributed by atoms with van der Waals surface area (Å²) in [6.45, 7) is 2.20. The second-order valence-electron chi connectivity index (χ2n) is 8.93. The first-order valence-electron chi connectivity index (χ1n) is 11.9. The lowest BCUT2D eigenvalue weighted by atomic mass is 9.91. The van der Waals surface area contributed by atoms with Crippen LogP contribution in [-0.2, 0) is 20.5 Å². The van der Waals surface area contributed by atoms with E-state index in [1.165, 1.54) is 18.2 Å². The van der Waals surface area contributed by atoms with E-state index in [1.807, 2.05) is 6.92 Å². The van der Waals surface area contributed by atoms with Gasteiger partial charge in [-0.1, -0.05) is 42.6 Å². The van der Waals surface area contributed by atoms with Crippen molar-refractivity contribution in [1.29, 1.82) is 0 Å². The van der Waals surface area contributed by atoms with E-state index in [9.17, 15) is 38.1 Å². The molecule has 0 spiro atoms. The Bertz CT molecular complexity index is 1370. The zero-order valence-electron chi connectivity index (χ0n) is 20.5. The Morgan fingerprint density at radius 1 is 0.974 bits per heavy atom. The molecule has 4 unspecified atom stereocenters. The van der Waals surface area contributed by atoms with Crippen molar-refractivity contribution in [1.82, 2.24) is 5.32 Å². The minimum atomic E-state index is -4.67. The summed E-state index contributed by atoms with van der Waals surface area (Å²) >= 11 is 12.5. The molecule has 0 radical (unpaired) electrons. The lowest BCUT2D eigenvalue weighted by molar-refractivity contribution is -0.181. The number of nitrogens with one attached hydrogen (secondary N) is 1. The fraction of sp³-hybridized carbons (Fsp3) is 0.385. The average Bonchev–Trinajstić information content (AvgIpc) is 2.86. The zero-order chi connectivity index (χ0) is 29.1. The van der Waals surface area contributed by atoms with Gasteiger partial charge in [-0.2, -0.15) is 13.2 Å². The minimum Gasteiger partial charge on any atom is -0.479 e. The number of alkyl halides is 3. The van der Waals surface area contributed by atoms with Gasteiger partial charge in [0.15, 0.2) is 12.2 Å². The summed E-state index contributed by atoms with van der Waals surface area (Å²) in [5.41, 5.74) is -0.907. The van der Waals surface area contributed by atoms with Crippen LogP contribution in [0.2, 0.25) is 10.0 Å². The number of carbonyl (C=O) groups is 2. The molecule has 0 aliphatic rings. The highest BCUT2D eigenvalue weighted by atomic mass is 35.5. The normalized spacial score (nSPS) is 15.3. The maximum atomic E-state index is 13.6. The largest absolute Gasteiger partial charge is 0.479 e. The maximum absolute atomic E-state index is 13.6. The summed E-state index contributed by atoms with van der Waals surface area (Å²) in [5, 5.41) is 44.0. The Labute approximate surface area is 230 Å². The number of aliphatic hydroxyl groups excluding tert-OH is 2. The van der Waals surface area contributed by atoms with Crippen LogP contribution in [-0.4, -0.2) is 63.8 Å². The van der Waals surface area contributed by atoms with Crippen molar-refractivity contribution >= 4 is 56.7 Å². The van der Waals surface area contributed by atoms with Crippen LogP contribution in [0.1, 0.15) is 37.0 Å². The number of unbranched alkanes of at least 4 members (excludes halogenated alkanes) is 1. The number of hydrogen-bond acceptors (Lipinski definition) is 6. The molecule has 5 N–H and O–H groups in total. The quantitative estimate of drug-likeness (QED) is 0.146. The van der Waals surface area contributed by atoms with E-state index in [-0.39, 0.29) is 43.7 Å². The summed E-state index contributed by atoms with van der Waals surface area (Å²) in [4.78, 5) is 23.0. The van der Waals surface area contributed by atoms with Crippen molar-refractivity contribution < 1.29 is 47.9 Å². The molecule has 0 amide bonds. The number of hydrogen-bond donors (Lipinski definition) is 5. The number of halogens is 5. The molecule has 3 rings (SSSR count). The van der Waals surface area contributed by atoms with Crippen LogP contribution in [0.5, 0.6) is 0 Å². The summed E-state index contributed by atoms with van der Waals surface area (Å²) in [6.07, 6.45) is -11.0. The van der Waals surface area contributed by atoms with E-state index in [0.29, 0.717) is 6.54 Å². The summed E-state index contributed by atoms with van der Waals surface area (Å²) in [5.74, 6) is -3.64. The summed E-state index contributed by atoms with van der Waals surface area (Å²) in [7, 11) is 0. The van der Waals surface area contributed by atoms with Crippen LogP contribution in [0.4, 0.5) is 13.2 Å². The molecule has 0 heterocycles. The van der Waals surface area contributed by atoms with Crippen molar-refractivity contribution in [2.24, 2.45) is 0 Å². The van der Waals surface area contributed by atoms with Crippen LogP contribution in [0.3, 0.4) is 0 Å². The molecule has 3 aromatic rings. The van der Waals surface area contributed by atoms with Gasteiger partial charge in [0.2, 0.25) is 0 Å². The highest BCUT2D eigenvalue weighted by molar-refractivity contribution is 6.39. The molecule has 4 atom stereocenters. The van der Waals surface area contributed by atoms with Gasteiger partial charge < -0.3 is 30.5 Å². The summed E-state index contributed by atoms with van der Waals surface area (Å²) < 4.78 is 46.1. The van der Waals surface area contributed by atoms with E-state index < -0.39 is 48.1 Å². The van der Waals surface area contributed by atoms with Gasteiger partial charge in [0.1, 0.15) is 12.2 Å². The Morgan fingerprint density at radius 3 is 2.23 bits per heavy atom.